The van der Waals surface area contributed by atoms with E-state index in [1.807, 2.05) is 24.1 Å². The van der Waals surface area contributed by atoms with E-state index in [-0.39, 0.29) is 5.56 Å². The number of carbonyl (C=O) groups is 1. The van der Waals surface area contributed by atoms with Gasteiger partial charge in [0.05, 0.1) is 18.4 Å². The Hall–Kier alpha value is -2.56. The number of rotatable bonds is 5. The van der Waals surface area contributed by atoms with E-state index in [0.717, 1.165) is 11.3 Å². The Bertz CT molecular complexity index is 599. The molecule has 1 N–H and O–H groups in total. The Balaban J connectivity index is 2.30. The molecule has 0 atom stereocenters. The Morgan fingerprint density at radius 1 is 1.40 bits per heavy atom. The molecule has 2 aromatic rings. The second-order valence-electron chi connectivity index (χ2n) is 4.41. The number of pyridine rings is 1. The number of carboxylic acid groups (broad SMARTS) is 1. The minimum atomic E-state index is -0.955. The predicted octanol–water partition coefficient (Wildman–Crippen LogP) is 2.42. The fourth-order valence-corrected chi connectivity index (χ4v) is 1.97. The van der Waals surface area contributed by atoms with E-state index in [0.29, 0.717) is 12.3 Å². The SMILES string of the molecule is COc1ccc(C(=O)O)cc1N(C)Cc1cccnc1. The number of carboxylic acids is 1. The highest BCUT2D eigenvalue weighted by molar-refractivity contribution is 5.89. The van der Waals surface area contributed by atoms with Gasteiger partial charge in [-0.15, -0.1) is 0 Å². The van der Waals surface area contributed by atoms with Crippen LogP contribution in [0.25, 0.3) is 0 Å². The molecule has 1 aromatic carbocycles. The first-order valence-electron chi connectivity index (χ1n) is 6.13. The van der Waals surface area contributed by atoms with Crippen LogP contribution in [0, 0.1) is 0 Å². The van der Waals surface area contributed by atoms with Gasteiger partial charge in [-0.2, -0.15) is 0 Å². The van der Waals surface area contributed by atoms with Gasteiger partial charge in [0.2, 0.25) is 0 Å². The van der Waals surface area contributed by atoms with E-state index in [9.17, 15) is 4.79 Å². The molecule has 0 radical (unpaired) electrons. The molecule has 0 bridgehead atoms. The average Bonchev–Trinajstić information content (AvgIpc) is 2.47. The number of aromatic carboxylic acids is 1. The topological polar surface area (TPSA) is 62.7 Å². The van der Waals surface area contributed by atoms with Gasteiger partial charge in [-0.25, -0.2) is 4.79 Å². The van der Waals surface area contributed by atoms with Gasteiger partial charge in [0, 0.05) is 26.0 Å². The molecular formula is C15H16N2O3. The maximum Gasteiger partial charge on any atom is 0.335 e. The van der Waals surface area contributed by atoms with Gasteiger partial charge in [-0.05, 0) is 29.8 Å². The molecule has 2 rings (SSSR count). The summed E-state index contributed by atoms with van der Waals surface area (Å²) in [6.45, 7) is 0.618. The zero-order chi connectivity index (χ0) is 14.5. The molecule has 0 unspecified atom stereocenters. The van der Waals surface area contributed by atoms with Crippen molar-refractivity contribution in [3.63, 3.8) is 0 Å². The van der Waals surface area contributed by atoms with E-state index in [2.05, 4.69) is 4.98 Å². The summed E-state index contributed by atoms with van der Waals surface area (Å²) in [5.74, 6) is -0.315. The fraction of sp³-hybridized carbons (Fsp3) is 0.200. The molecule has 104 valence electrons. The summed E-state index contributed by atoms with van der Waals surface area (Å²) in [5.41, 5.74) is 2.01. The lowest BCUT2D eigenvalue weighted by atomic mass is 10.1. The molecule has 1 aromatic heterocycles. The van der Waals surface area contributed by atoms with Crippen LogP contribution in [0.5, 0.6) is 5.75 Å². The van der Waals surface area contributed by atoms with E-state index in [4.69, 9.17) is 9.84 Å². The van der Waals surface area contributed by atoms with Gasteiger partial charge in [0.1, 0.15) is 5.75 Å². The first-order valence-corrected chi connectivity index (χ1v) is 6.13. The van der Waals surface area contributed by atoms with Crippen LogP contribution in [0.4, 0.5) is 5.69 Å². The normalized spacial score (nSPS) is 10.1. The third-order valence-corrected chi connectivity index (χ3v) is 2.98. The maximum atomic E-state index is 11.1. The summed E-state index contributed by atoms with van der Waals surface area (Å²) in [5, 5.41) is 9.08. The second-order valence-corrected chi connectivity index (χ2v) is 4.41. The van der Waals surface area contributed by atoms with Gasteiger partial charge in [0.25, 0.3) is 0 Å². The summed E-state index contributed by atoms with van der Waals surface area (Å²) in [6, 6.07) is 8.64. The summed E-state index contributed by atoms with van der Waals surface area (Å²) in [6.07, 6.45) is 3.50. The zero-order valence-corrected chi connectivity index (χ0v) is 11.4. The van der Waals surface area contributed by atoms with Crippen LogP contribution in [0.15, 0.2) is 42.7 Å². The molecule has 1 heterocycles. The number of ether oxygens (including phenoxy) is 1. The van der Waals surface area contributed by atoms with Crippen molar-refractivity contribution in [2.45, 2.75) is 6.54 Å². The van der Waals surface area contributed by atoms with Crippen molar-refractivity contribution in [2.24, 2.45) is 0 Å². The van der Waals surface area contributed by atoms with Crippen molar-refractivity contribution in [3.8, 4) is 5.75 Å². The van der Waals surface area contributed by atoms with Crippen molar-refractivity contribution < 1.29 is 14.6 Å². The monoisotopic (exact) mass is 272 g/mol. The highest BCUT2D eigenvalue weighted by Gasteiger charge is 2.12. The largest absolute Gasteiger partial charge is 0.495 e. The molecule has 0 amide bonds. The van der Waals surface area contributed by atoms with Crippen LogP contribution < -0.4 is 9.64 Å². The molecule has 5 nitrogen and oxygen atoms in total. The van der Waals surface area contributed by atoms with Crippen LogP contribution in [-0.2, 0) is 6.54 Å². The van der Waals surface area contributed by atoms with Gasteiger partial charge < -0.3 is 14.7 Å². The van der Waals surface area contributed by atoms with E-state index >= 15 is 0 Å². The molecule has 20 heavy (non-hydrogen) atoms. The number of hydrogen-bond donors (Lipinski definition) is 1. The molecule has 0 aliphatic heterocycles. The van der Waals surface area contributed by atoms with Gasteiger partial charge in [0.15, 0.2) is 0 Å². The Morgan fingerprint density at radius 3 is 2.80 bits per heavy atom. The van der Waals surface area contributed by atoms with Crippen LogP contribution in [-0.4, -0.2) is 30.2 Å². The zero-order valence-electron chi connectivity index (χ0n) is 11.4. The van der Waals surface area contributed by atoms with E-state index in [1.165, 1.54) is 6.07 Å². The van der Waals surface area contributed by atoms with Crippen molar-refractivity contribution >= 4 is 11.7 Å². The summed E-state index contributed by atoms with van der Waals surface area (Å²) >= 11 is 0. The van der Waals surface area contributed by atoms with Gasteiger partial charge >= 0.3 is 5.97 Å². The number of benzene rings is 1. The molecule has 0 saturated heterocycles. The van der Waals surface area contributed by atoms with Crippen LogP contribution in [0.1, 0.15) is 15.9 Å². The van der Waals surface area contributed by atoms with Crippen molar-refractivity contribution in [1.29, 1.82) is 0 Å². The van der Waals surface area contributed by atoms with Crippen LogP contribution in [0.3, 0.4) is 0 Å². The Labute approximate surface area is 117 Å². The quantitative estimate of drug-likeness (QED) is 0.905. The second kappa shape index (κ2) is 6.06. The standard InChI is InChI=1S/C15H16N2O3/c1-17(10-11-4-3-7-16-9-11)13-8-12(15(18)19)5-6-14(13)20-2/h3-9H,10H2,1-2H3,(H,18,19). The molecule has 5 heteroatoms. The maximum absolute atomic E-state index is 11.1. The molecular weight excluding hydrogens is 256 g/mol. The van der Waals surface area contributed by atoms with Crippen molar-refractivity contribution in [3.05, 3.63) is 53.9 Å². The highest BCUT2D eigenvalue weighted by atomic mass is 16.5. The Kier molecular flexibility index (Phi) is 4.20. The van der Waals surface area contributed by atoms with Crippen LogP contribution in [0.2, 0.25) is 0 Å². The number of hydrogen-bond acceptors (Lipinski definition) is 4. The van der Waals surface area contributed by atoms with E-state index in [1.54, 1.807) is 31.6 Å². The average molecular weight is 272 g/mol. The third-order valence-electron chi connectivity index (χ3n) is 2.98. The van der Waals surface area contributed by atoms with E-state index < -0.39 is 5.97 Å². The van der Waals surface area contributed by atoms with Gasteiger partial charge in [-0.3, -0.25) is 4.98 Å². The first kappa shape index (κ1) is 13.9. The Morgan fingerprint density at radius 2 is 2.20 bits per heavy atom. The molecule has 0 aliphatic carbocycles. The minimum Gasteiger partial charge on any atom is -0.495 e. The predicted molar refractivity (Wildman–Crippen MR) is 76.3 cm³/mol. The molecule has 0 fully saturated rings. The molecule has 0 aliphatic rings. The summed E-state index contributed by atoms with van der Waals surface area (Å²) in [7, 11) is 3.45. The number of methoxy groups -OCH3 is 1. The lowest BCUT2D eigenvalue weighted by Crippen LogP contribution is -2.18. The van der Waals surface area contributed by atoms with Gasteiger partial charge in [-0.1, -0.05) is 6.07 Å². The lowest BCUT2D eigenvalue weighted by molar-refractivity contribution is 0.0697. The number of aromatic nitrogens is 1. The van der Waals surface area contributed by atoms with Crippen molar-refractivity contribution in [2.75, 3.05) is 19.1 Å². The molecule has 0 saturated carbocycles. The van der Waals surface area contributed by atoms with Crippen LogP contribution >= 0.6 is 0 Å². The lowest BCUT2D eigenvalue weighted by Gasteiger charge is -2.22. The molecule has 0 spiro atoms. The number of nitrogens with zero attached hydrogens (tertiary/aromatic N) is 2. The smallest absolute Gasteiger partial charge is 0.335 e. The highest BCUT2D eigenvalue weighted by Crippen LogP contribution is 2.29. The van der Waals surface area contributed by atoms with Crippen molar-refractivity contribution in [1.82, 2.24) is 4.98 Å². The first-order chi connectivity index (χ1) is 9.61. The summed E-state index contributed by atoms with van der Waals surface area (Å²) < 4.78 is 5.29. The minimum absolute atomic E-state index is 0.235. The number of anilines is 1. The summed E-state index contributed by atoms with van der Waals surface area (Å²) in [4.78, 5) is 17.1. The fourth-order valence-electron chi connectivity index (χ4n) is 1.97. The third kappa shape index (κ3) is 3.06.